The van der Waals surface area contributed by atoms with Gasteiger partial charge in [0.1, 0.15) is 17.6 Å². The molecular weight excluding hydrogens is 290 g/mol. The van der Waals surface area contributed by atoms with Gasteiger partial charge in [-0.1, -0.05) is 36.2 Å². The van der Waals surface area contributed by atoms with Gasteiger partial charge in [0.25, 0.3) is 0 Å². The molecule has 1 aromatic heterocycles. The van der Waals surface area contributed by atoms with Crippen LogP contribution in [0.1, 0.15) is 44.9 Å². The van der Waals surface area contributed by atoms with Crippen molar-refractivity contribution < 1.29 is 4.84 Å². The standard InChI is InChI=1S/C17H23N5O/c1-2-8-15(9-3-1)19-14-18-12-6-7-13-23-22-17-11-5-4-10-16(17)20-21-22/h4-5,10-11,15H,1-3,6-9,12-13H2. The second kappa shape index (κ2) is 8.44. The molecule has 6 heteroatoms. The quantitative estimate of drug-likeness (QED) is 0.582. The van der Waals surface area contributed by atoms with Gasteiger partial charge in [-0.15, -0.1) is 5.10 Å². The molecule has 1 fully saturated rings. The number of aliphatic imine (C=N–C) groups is 2. The topological polar surface area (TPSA) is 64.7 Å². The molecule has 1 heterocycles. The number of hydrogen-bond acceptors (Lipinski definition) is 5. The number of aromatic nitrogens is 3. The molecule has 1 aliphatic rings. The number of unbranched alkanes of at least 4 members (excludes halogenated alkanes) is 1. The first-order chi connectivity index (χ1) is 11.4. The molecule has 0 bridgehead atoms. The van der Waals surface area contributed by atoms with Crippen molar-refractivity contribution in [2.45, 2.75) is 51.0 Å². The molecule has 0 aliphatic heterocycles. The molecule has 0 atom stereocenters. The van der Waals surface area contributed by atoms with E-state index in [4.69, 9.17) is 4.84 Å². The molecule has 0 radical (unpaired) electrons. The van der Waals surface area contributed by atoms with E-state index < -0.39 is 0 Å². The van der Waals surface area contributed by atoms with E-state index in [0.717, 1.165) is 30.4 Å². The second-order valence-corrected chi connectivity index (χ2v) is 5.89. The minimum atomic E-state index is 0.455. The Morgan fingerprint density at radius 1 is 1.17 bits per heavy atom. The Morgan fingerprint density at radius 2 is 2.04 bits per heavy atom. The zero-order valence-electron chi connectivity index (χ0n) is 13.4. The first-order valence-corrected chi connectivity index (χ1v) is 8.48. The lowest BCUT2D eigenvalue weighted by Gasteiger charge is -2.15. The highest BCUT2D eigenvalue weighted by Crippen LogP contribution is 2.19. The van der Waals surface area contributed by atoms with E-state index in [9.17, 15) is 0 Å². The van der Waals surface area contributed by atoms with Gasteiger partial charge in [-0.25, -0.2) is 9.98 Å². The van der Waals surface area contributed by atoms with Crippen molar-refractivity contribution in [3.05, 3.63) is 24.3 Å². The summed E-state index contributed by atoms with van der Waals surface area (Å²) in [6, 6.07) is 11.1. The number of fused-ring (bicyclic) bond motifs is 1. The van der Waals surface area contributed by atoms with E-state index in [0.29, 0.717) is 12.6 Å². The Kier molecular flexibility index (Phi) is 5.75. The molecule has 1 aromatic carbocycles. The molecule has 0 amide bonds. The molecule has 2 aromatic rings. The average Bonchev–Trinajstić information content (AvgIpc) is 3.01. The highest BCUT2D eigenvalue weighted by Gasteiger charge is 2.10. The number of hydrogen-bond donors (Lipinski definition) is 0. The summed E-state index contributed by atoms with van der Waals surface area (Å²) >= 11 is 0. The lowest BCUT2D eigenvalue weighted by Crippen LogP contribution is -2.14. The summed E-state index contributed by atoms with van der Waals surface area (Å²) in [4.78, 5) is 15.8. The molecule has 1 aliphatic carbocycles. The van der Waals surface area contributed by atoms with Crippen molar-refractivity contribution in [3.63, 3.8) is 0 Å². The average molecular weight is 313 g/mol. The van der Waals surface area contributed by atoms with E-state index in [1.165, 1.54) is 36.9 Å². The van der Waals surface area contributed by atoms with Crippen LogP contribution in [0.2, 0.25) is 0 Å². The molecule has 0 spiro atoms. The van der Waals surface area contributed by atoms with E-state index >= 15 is 0 Å². The Hall–Kier alpha value is -2.20. The summed E-state index contributed by atoms with van der Waals surface area (Å²) in [5, 5.41) is 8.04. The first-order valence-electron chi connectivity index (χ1n) is 8.48. The van der Waals surface area contributed by atoms with Gasteiger partial charge in [0.2, 0.25) is 0 Å². The van der Waals surface area contributed by atoms with Gasteiger partial charge in [-0.2, -0.15) is 0 Å². The van der Waals surface area contributed by atoms with Gasteiger partial charge in [-0.3, -0.25) is 0 Å². The molecular formula is C17H23N5O. The van der Waals surface area contributed by atoms with Gasteiger partial charge in [0.05, 0.1) is 18.6 Å². The van der Waals surface area contributed by atoms with E-state index in [1.807, 2.05) is 24.3 Å². The zero-order valence-corrected chi connectivity index (χ0v) is 13.4. The van der Waals surface area contributed by atoms with Crippen LogP contribution in [-0.2, 0) is 0 Å². The highest BCUT2D eigenvalue weighted by atomic mass is 16.7. The Labute approximate surface area is 136 Å². The van der Waals surface area contributed by atoms with Crippen LogP contribution >= 0.6 is 0 Å². The fraction of sp³-hybridized carbons (Fsp3) is 0.588. The maximum absolute atomic E-state index is 5.62. The number of nitrogens with zero attached hydrogens (tertiary/aromatic N) is 5. The molecule has 6 nitrogen and oxygen atoms in total. The van der Waals surface area contributed by atoms with Crippen molar-refractivity contribution in [3.8, 4) is 0 Å². The van der Waals surface area contributed by atoms with E-state index in [2.05, 4.69) is 26.3 Å². The molecule has 23 heavy (non-hydrogen) atoms. The molecule has 0 unspecified atom stereocenters. The van der Waals surface area contributed by atoms with Crippen LogP contribution in [0, 0.1) is 0 Å². The summed E-state index contributed by atoms with van der Waals surface area (Å²) in [7, 11) is 0. The lowest BCUT2D eigenvalue weighted by molar-refractivity contribution is 0.0850. The molecule has 122 valence electrons. The van der Waals surface area contributed by atoms with E-state index in [1.54, 1.807) is 0 Å². The van der Waals surface area contributed by atoms with Gasteiger partial charge >= 0.3 is 0 Å². The molecule has 0 saturated heterocycles. The Morgan fingerprint density at radius 3 is 2.96 bits per heavy atom. The summed E-state index contributed by atoms with van der Waals surface area (Å²) in [5.74, 6) is 0. The third-order valence-electron chi connectivity index (χ3n) is 4.09. The number of rotatable bonds is 7. The van der Waals surface area contributed by atoms with Crippen molar-refractivity contribution in [2.24, 2.45) is 9.98 Å². The SMILES string of the molecule is C(=NCCCCOn1nnc2ccccc21)=NC1CCCCC1. The monoisotopic (exact) mass is 313 g/mol. The fourth-order valence-electron chi connectivity index (χ4n) is 2.77. The fourth-order valence-corrected chi connectivity index (χ4v) is 2.77. The summed E-state index contributed by atoms with van der Waals surface area (Å²) < 4.78 is 0. The number of benzene rings is 1. The predicted molar refractivity (Wildman–Crippen MR) is 89.8 cm³/mol. The summed E-state index contributed by atoms with van der Waals surface area (Å²) in [6.07, 6.45) is 8.21. The van der Waals surface area contributed by atoms with E-state index in [-0.39, 0.29) is 0 Å². The zero-order chi connectivity index (χ0) is 15.7. The third kappa shape index (κ3) is 4.63. The minimum Gasteiger partial charge on any atom is -0.395 e. The Balaban J connectivity index is 1.33. The van der Waals surface area contributed by atoms with Crippen molar-refractivity contribution in [1.29, 1.82) is 0 Å². The van der Waals surface area contributed by atoms with Crippen LogP contribution in [0.5, 0.6) is 0 Å². The molecule has 3 rings (SSSR count). The van der Waals surface area contributed by atoms with Gasteiger partial charge in [0.15, 0.2) is 0 Å². The Bertz CT molecular complexity index is 668. The van der Waals surface area contributed by atoms with Crippen molar-refractivity contribution in [1.82, 2.24) is 15.2 Å². The molecule has 1 saturated carbocycles. The minimum absolute atomic E-state index is 0.455. The van der Waals surface area contributed by atoms with Crippen molar-refractivity contribution in [2.75, 3.05) is 13.2 Å². The second-order valence-electron chi connectivity index (χ2n) is 5.89. The summed E-state index contributed by atoms with van der Waals surface area (Å²) in [5.41, 5.74) is 1.74. The number of para-hydroxylation sites is 1. The van der Waals surface area contributed by atoms with Crippen LogP contribution in [0.25, 0.3) is 11.0 Å². The van der Waals surface area contributed by atoms with Gasteiger partial charge < -0.3 is 4.84 Å². The van der Waals surface area contributed by atoms with Crippen LogP contribution in [-0.4, -0.2) is 40.4 Å². The maximum Gasteiger partial charge on any atom is 0.130 e. The third-order valence-corrected chi connectivity index (χ3v) is 4.09. The highest BCUT2D eigenvalue weighted by molar-refractivity contribution is 5.73. The van der Waals surface area contributed by atoms with Crippen LogP contribution in [0.4, 0.5) is 0 Å². The smallest absolute Gasteiger partial charge is 0.130 e. The largest absolute Gasteiger partial charge is 0.395 e. The summed E-state index contributed by atoms with van der Waals surface area (Å²) in [6.45, 7) is 1.35. The van der Waals surface area contributed by atoms with Crippen LogP contribution in [0.15, 0.2) is 34.3 Å². The van der Waals surface area contributed by atoms with Crippen LogP contribution < -0.4 is 4.84 Å². The first kappa shape index (κ1) is 15.7. The van der Waals surface area contributed by atoms with Crippen molar-refractivity contribution >= 4 is 17.0 Å². The molecule has 0 N–H and O–H groups in total. The lowest BCUT2D eigenvalue weighted by atomic mass is 9.96. The predicted octanol–water partition coefficient (Wildman–Crippen LogP) is 3.15. The van der Waals surface area contributed by atoms with Crippen LogP contribution in [0.3, 0.4) is 0 Å². The normalized spacial score (nSPS) is 15.3. The van der Waals surface area contributed by atoms with Gasteiger partial charge in [0, 0.05) is 0 Å². The van der Waals surface area contributed by atoms with Gasteiger partial charge in [-0.05, 0) is 43.0 Å². The maximum atomic E-state index is 5.62.